The molecule has 190 valence electrons. The summed E-state index contributed by atoms with van der Waals surface area (Å²) in [7, 11) is 0. The van der Waals surface area contributed by atoms with Crippen molar-refractivity contribution in [1.82, 2.24) is 0 Å². The zero-order chi connectivity index (χ0) is 25.4. The zero-order valence-electron chi connectivity index (χ0n) is 21.4. The van der Waals surface area contributed by atoms with Gasteiger partial charge in [-0.15, -0.1) is 6.58 Å². The van der Waals surface area contributed by atoms with Gasteiger partial charge in [-0.3, -0.25) is 0 Å². The SMILES string of the molecule is C=CCCCCCOc1ccc(C(=O)Oc2ccc(-c3ccc(OCCCCCC)cc3)cc2)cc1. The maximum absolute atomic E-state index is 12.5. The molecule has 3 rings (SSSR count). The Morgan fingerprint density at radius 3 is 1.69 bits per heavy atom. The lowest BCUT2D eigenvalue weighted by Gasteiger charge is -2.09. The van der Waals surface area contributed by atoms with Gasteiger partial charge in [0.15, 0.2) is 0 Å². The minimum Gasteiger partial charge on any atom is -0.494 e. The third kappa shape index (κ3) is 9.26. The van der Waals surface area contributed by atoms with Crippen molar-refractivity contribution in [3.63, 3.8) is 0 Å². The lowest BCUT2D eigenvalue weighted by atomic mass is 10.1. The highest BCUT2D eigenvalue weighted by Gasteiger charge is 2.09. The summed E-state index contributed by atoms with van der Waals surface area (Å²) in [6, 6.07) is 22.7. The van der Waals surface area contributed by atoms with Gasteiger partial charge in [0.2, 0.25) is 0 Å². The standard InChI is InChI=1S/C32H38O4/c1-3-5-7-9-11-25-35-30-20-16-28(17-21-30)32(33)36-31-22-14-27(15-23-31)26-12-18-29(19-13-26)34-24-10-8-6-4-2/h3,12-23H,1,4-11,24-25H2,2H3. The van der Waals surface area contributed by atoms with Crippen LogP contribution in [-0.2, 0) is 0 Å². The number of unbranched alkanes of at least 4 members (excludes halogenated alkanes) is 6. The normalized spacial score (nSPS) is 10.6. The summed E-state index contributed by atoms with van der Waals surface area (Å²) in [5.74, 6) is 1.77. The van der Waals surface area contributed by atoms with Crippen molar-refractivity contribution in [3.8, 4) is 28.4 Å². The Morgan fingerprint density at radius 1 is 0.667 bits per heavy atom. The van der Waals surface area contributed by atoms with Gasteiger partial charge in [0, 0.05) is 0 Å². The molecule has 0 amide bonds. The van der Waals surface area contributed by atoms with Crippen LogP contribution in [0.4, 0.5) is 0 Å². The summed E-state index contributed by atoms with van der Waals surface area (Å²) in [5.41, 5.74) is 2.63. The number of hydrogen-bond acceptors (Lipinski definition) is 4. The van der Waals surface area contributed by atoms with Crippen molar-refractivity contribution in [2.45, 2.75) is 58.3 Å². The molecule has 0 unspecified atom stereocenters. The molecule has 0 spiro atoms. The van der Waals surface area contributed by atoms with Gasteiger partial charge in [0.1, 0.15) is 17.2 Å². The van der Waals surface area contributed by atoms with Gasteiger partial charge in [-0.2, -0.15) is 0 Å². The van der Waals surface area contributed by atoms with Gasteiger partial charge >= 0.3 is 5.97 Å². The molecular weight excluding hydrogens is 448 g/mol. The average molecular weight is 487 g/mol. The second-order valence-electron chi connectivity index (χ2n) is 8.86. The Bertz CT molecular complexity index is 1040. The Labute approximate surface area is 215 Å². The van der Waals surface area contributed by atoms with Crippen LogP contribution in [-0.4, -0.2) is 19.2 Å². The smallest absolute Gasteiger partial charge is 0.343 e. The lowest BCUT2D eigenvalue weighted by Crippen LogP contribution is -2.08. The molecule has 0 bridgehead atoms. The fourth-order valence-corrected chi connectivity index (χ4v) is 3.79. The van der Waals surface area contributed by atoms with Gasteiger partial charge in [0.05, 0.1) is 18.8 Å². The van der Waals surface area contributed by atoms with Crippen molar-refractivity contribution >= 4 is 5.97 Å². The summed E-state index contributed by atoms with van der Waals surface area (Å²) in [4.78, 5) is 12.5. The van der Waals surface area contributed by atoms with E-state index in [-0.39, 0.29) is 5.97 Å². The number of rotatable bonds is 16. The minimum absolute atomic E-state index is 0.390. The minimum atomic E-state index is -0.390. The van der Waals surface area contributed by atoms with Gasteiger partial charge < -0.3 is 14.2 Å². The largest absolute Gasteiger partial charge is 0.494 e. The molecule has 36 heavy (non-hydrogen) atoms. The molecule has 0 aliphatic carbocycles. The highest BCUT2D eigenvalue weighted by molar-refractivity contribution is 5.91. The summed E-state index contributed by atoms with van der Waals surface area (Å²) in [5, 5.41) is 0. The molecule has 0 saturated carbocycles. The van der Waals surface area contributed by atoms with Gasteiger partial charge in [0.25, 0.3) is 0 Å². The van der Waals surface area contributed by atoms with Crippen molar-refractivity contribution in [3.05, 3.63) is 91.0 Å². The predicted molar refractivity (Wildman–Crippen MR) is 147 cm³/mol. The van der Waals surface area contributed by atoms with Crippen LogP contribution in [0.1, 0.15) is 68.6 Å². The molecule has 0 aromatic heterocycles. The Balaban J connectivity index is 1.45. The molecule has 0 aliphatic rings. The maximum atomic E-state index is 12.5. The maximum Gasteiger partial charge on any atom is 0.343 e. The zero-order valence-corrected chi connectivity index (χ0v) is 21.4. The van der Waals surface area contributed by atoms with E-state index < -0.39 is 0 Å². The summed E-state index contributed by atoms with van der Waals surface area (Å²) < 4.78 is 17.1. The van der Waals surface area contributed by atoms with E-state index in [1.807, 2.05) is 66.7 Å². The van der Waals surface area contributed by atoms with E-state index in [4.69, 9.17) is 14.2 Å². The summed E-state index contributed by atoms with van der Waals surface area (Å²) in [6.45, 7) is 7.37. The Hall–Kier alpha value is -3.53. The van der Waals surface area contributed by atoms with Crippen molar-refractivity contribution in [1.29, 1.82) is 0 Å². The van der Waals surface area contributed by atoms with Crippen molar-refractivity contribution < 1.29 is 19.0 Å². The lowest BCUT2D eigenvalue weighted by molar-refractivity contribution is 0.0734. The average Bonchev–Trinajstić information content (AvgIpc) is 2.92. The molecule has 3 aromatic rings. The van der Waals surface area contributed by atoms with Crippen LogP contribution in [0.5, 0.6) is 17.2 Å². The molecular formula is C32H38O4. The fraction of sp³-hybridized carbons (Fsp3) is 0.344. The van der Waals surface area contributed by atoms with Crippen LogP contribution >= 0.6 is 0 Å². The van der Waals surface area contributed by atoms with Crippen LogP contribution in [0, 0.1) is 0 Å². The Kier molecular flexibility index (Phi) is 11.6. The predicted octanol–water partition coefficient (Wildman–Crippen LogP) is 8.66. The van der Waals surface area contributed by atoms with Gasteiger partial charge in [-0.25, -0.2) is 4.79 Å². The number of ether oxygens (including phenoxy) is 3. The van der Waals surface area contributed by atoms with E-state index >= 15 is 0 Å². The second-order valence-corrected chi connectivity index (χ2v) is 8.86. The van der Waals surface area contributed by atoms with Crippen LogP contribution in [0.2, 0.25) is 0 Å². The number of allylic oxidation sites excluding steroid dienone is 1. The number of esters is 1. The highest BCUT2D eigenvalue weighted by atomic mass is 16.5. The molecule has 4 heteroatoms. The van der Waals surface area contributed by atoms with E-state index in [1.54, 1.807) is 12.1 Å². The molecule has 0 aliphatic heterocycles. The van der Waals surface area contributed by atoms with Crippen LogP contribution in [0.3, 0.4) is 0 Å². The van der Waals surface area contributed by atoms with Crippen molar-refractivity contribution in [2.24, 2.45) is 0 Å². The third-order valence-electron chi connectivity index (χ3n) is 5.93. The van der Waals surface area contributed by atoms with Gasteiger partial charge in [-0.05, 0) is 91.8 Å². The number of hydrogen-bond donors (Lipinski definition) is 0. The first kappa shape index (κ1) is 27.1. The second kappa shape index (κ2) is 15.5. The molecule has 0 saturated heterocycles. The van der Waals surface area contributed by atoms with Crippen LogP contribution in [0.15, 0.2) is 85.5 Å². The first-order valence-corrected chi connectivity index (χ1v) is 13.1. The molecule has 0 N–H and O–H groups in total. The fourth-order valence-electron chi connectivity index (χ4n) is 3.79. The third-order valence-corrected chi connectivity index (χ3v) is 5.93. The monoisotopic (exact) mass is 486 g/mol. The van der Waals surface area contributed by atoms with Crippen LogP contribution < -0.4 is 14.2 Å². The summed E-state index contributed by atoms with van der Waals surface area (Å²) in [6.07, 6.45) is 11.0. The van der Waals surface area contributed by atoms with E-state index in [0.717, 1.165) is 61.3 Å². The molecule has 3 aromatic carbocycles. The first-order valence-electron chi connectivity index (χ1n) is 13.1. The summed E-state index contributed by atoms with van der Waals surface area (Å²) >= 11 is 0. The number of benzene rings is 3. The molecule has 0 fully saturated rings. The molecule has 4 nitrogen and oxygen atoms in total. The number of carbonyl (C=O) groups excluding carboxylic acids is 1. The van der Waals surface area contributed by atoms with Gasteiger partial charge in [-0.1, -0.05) is 56.5 Å². The van der Waals surface area contributed by atoms with E-state index in [9.17, 15) is 4.79 Å². The van der Waals surface area contributed by atoms with E-state index in [0.29, 0.717) is 17.9 Å². The first-order chi connectivity index (χ1) is 17.7. The Morgan fingerprint density at radius 2 is 1.17 bits per heavy atom. The molecule has 0 atom stereocenters. The molecule has 0 heterocycles. The molecule has 0 radical (unpaired) electrons. The quantitative estimate of drug-likeness (QED) is 0.0879. The van der Waals surface area contributed by atoms with E-state index in [1.165, 1.54) is 19.3 Å². The van der Waals surface area contributed by atoms with Crippen molar-refractivity contribution in [2.75, 3.05) is 13.2 Å². The van der Waals surface area contributed by atoms with E-state index in [2.05, 4.69) is 13.5 Å². The number of carbonyl (C=O) groups is 1. The van der Waals surface area contributed by atoms with Crippen LogP contribution in [0.25, 0.3) is 11.1 Å². The topological polar surface area (TPSA) is 44.8 Å². The highest BCUT2D eigenvalue weighted by Crippen LogP contribution is 2.25.